The summed E-state index contributed by atoms with van der Waals surface area (Å²) in [5, 5.41) is 7.44. The summed E-state index contributed by atoms with van der Waals surface area (Å²) in [7, 11) is 3.52. The molecule has 0 atom stereocenters. The second-order valence-electron chi connectivity index (χ2n) is 6.39. The number of nitrogens with one attached hydrogen (secondary N) is 1. The number of nitrogens with zero attached hydrogens (tertiary/aromatic N) is 5. The summed E-state index contributed by atoms with van der Waals surface area (Å²) in [4.78, 5) is 21.0. The van der Waals surface area contributed by atoms with E-state index in [0.717, 1.165) is 44.2 Å². The van der Waals surface area contributed by atoms with Crippen LogP contribution >= 0.6 is 24.0 Å². The maximum atomic E-state index is 12.6. The number of hydrogen-bond acceptors (Lipinski definition) is 5. The van der Waals surface area contributed by atoms with Crippen LogP contribution in [0.4, 0.5) is 5.69 Å². The van der Waals surface area contributed by atoms with E-state index in [1.807, 2.05) is 25.1 Å². The molecule has 1 aromatic heterocycles. The highest BCUT2D eigenvalue weighted by molar-refractivity contribution is 14.0. The molecule has 9 nitrogen and oxygen atoms in total. The standard InChI is InChI=1S/C18H32N6O3.HI/c1-4-19-18(20-7-5-6-10-27-12-11-26-3)23-8-9-24(17(25)15-23)16-13-21-22(2)14-16;/h13-14H,4-12,15H2,1-3H3,(H,19,20);1H. The van der Waals surface area contributed by atoms with Crippen LogP contribution in [-0.2, 0) is 21.3 Å². The number of hydrogen-bond donors (Lipinski definition) is 1. The lowest BCUT2D eigenvalue weighted by molar-refractivity contribution is -0.120. The van der Waals surface area contributed by atoms with Gasteiger partial charge in [0.2, 0.25) is 5.91 Å². The monoisotopic (exact) mass is 508 g/mol. The van der Waals surface area contributed by atoms with Gasteiger partial charge in [-0.15, -0.1) is 24.0 Å². The number of halogens is 1. The van der Waals surface area contributed by atoms with Crippen molar-refractivity contribution < 1.29 is 14.3 Å². The van der Waals surface area contributed by atoms with Crippen molar-refractivity contribution in [3.05, 3.63) is 12.4 Å². The lowest BCUT2D eigenvalue weighted by atomic mass is 10.3. The van der Waals surface area contributed by atoms with E-state index in [4.69, 9.17) is 9.47 Å². The van der Waals surface area contributed by atoms with Crippen LogP contribution in [0.3, 0.4) is 0 Å². The summed E-state index contributed by atoms with van der Waals surface area (Å²) in [6, 6.07) is 0. The molecule has 0 saturated carbocycles. The van der Waals surface area contributed by atoms with Gasteiger partial charge in [-0.1, -0.05) is 0 Å². The van der Waals surface area contributed by atoms with Crippen molar-refractivity contribution in [2.24, 2.45) is 12.0 Å². The lowest BCUT2D eigenvalue weighted by Crippen LogP contribution is -2.55. The molecule has 1 fully saturated rings. The van der Waals surface area contributed by atoms with Crippen molar-refractivity contribution in [3.8, 4) is 0 Å². The fourth-order valence-electron chi connectivity index (χ4n) is 2.85. The first kappa shape index (κ1) is 24.6. The molecule has 0 radical (unpaired) electrons. The van der Waals surface area contributed by atoms with Gasteiger partial charge < -0.3 is 24.6 Å². The number of ether oxygens (including phenoxy) is 2. The van der Waals surface area contributed by atoms with E-state index >= 15 is 0 Å². The third kappa shape index (κ3) is 7.92. The number of carbonyl (C=O) groups is 1. The highest BCUT2D eigenvalue weighted by Crippen LogP contribution is 2.16. The number of guanidine groups is 1. The van der Waals surface area contributed by atoms with Gasteiger partial charge in [0, 0.05) is 53.1 Å². The van der Waals surface area contributed by atoms with Crippen LogP contribution in [0.15, 0.2) is 17.4 Å². The molecule has 0 spiro atoms. The highest BCUT2D eigenvalue weighted by atomic mass is 127. The van der Waals surface area contributed by atoms with Crippen molar-refractivity contribution in [1.29, 1.82) is 0 Å². The Morgan fingerprint density at radius 2 is 2.11 bits per heavy atom. The summed E-state index contributed by atoms with van der Waals surface area (Å²) in [6.07, 6.45) is 5.49. The molecule has 1 aliphatic rings. The van der Waals surface area contributed by atoms with Crippen molar-refractivity contribution >= 4 is 41.5 Å². The van der Waals surface area contributed by atoms with Gasteiger partial charge in [-0.3, -0.25) is 14.5 Å². The Bertz CT molecular complexity index is 610. The first-order valence-electron chi connectivity index (χ1n) is 9.54. The number of anilines is 1. The maximum absolute atomic E-state index is 12.6. The molecule has 28 heavy (non-hydrogen) atoms. The Hall–Kier alpha value is -1.40. The van der Waals surface area contributed by atoms with Gasteiger partial charge in [0.15, 0.2) is 5.96 Å². The van der Waals surface area contributed by atoms with E-state index in [0.29, 0.717) is 32.8 Å². The number of aryl methyl sites for hydroxylation is 1. The molecule has 10 heteroatoms. The fourth-order valence-corrected chi connectivity index (χ4v) is 2.85. The third-order valence-electron chi connectivity index (χ3n) is 4.25. The molecule has 1 saturated heterocycles. The molecule has 1 aliphatic heterocycles. The Labute approximate surface area is 184 Å². The summed E-state index contributed by atoms with van der Waals surface area (Å²) in [5.41, 5.74) is 0.845. The minimum absolute atomic E-state index is 0. The average molecular weight is 508 g/mol. The minimum Gasteiger partial charge on any atom is -0.382 e. The number of aromatic nitrogens is 2. The molecule has 1 amide bonds. The Morgan fingerprint density at radius 1 is 1.29 bits per heavy atom. The van der Waals surface area contributed by atoms with Crippen LogP contribution < -0.4 is 10.2 Å². The summed E-state index contributed by atoms with van der Waals surface area (Å²) < 4.78 is 12.1. The van der Waals surface area contributed by atoms with E-state index in [1.165, 1.54) is 0 Å². The molecule has 0 unspecified atom stereocenters. The molecule has 0 bridgehead atoms. The maximum Gasteiger partial charge on any atom is 0.246 e. The Kier molecular flexibility index (Phi) is 12.1. The average Bonchev–Trinajstić information content (AvgIpc) is 3.09. The van der Waals surface area contributed by atoms with Gasteiger partial charge in [-0.25, -0.2) is 0 Å². The molecule has 2 heterocycles. The van der Waals surface area contributed by atoms with Crippen LogP contribution in [0, 0.1) is 0 Å². The second-order valence-corrected chi connectivity index (χ2v) is 6.39. The van der Waals surface area contributed by atoms with Crippen molar-refractivity contribution in [2.75, 3.05) is 64.6 Å². The first-order chi connectivity index (χ1) is 13.2. The number of unbranched alkanes of at least 4 members (excludes halogenated alkanes) is 1. The molecule has 1 aromatic rings. The Balaban J connectivity index is 0.00000392. The van der Waals surface area contributed by atoms with Crippen LogP contribution in [0.25, 0.3) is 0 Å². The zero-order valence-electron chi connectivity index (χ0n) is 17.1. The van der Waals surface area contributed by atoms with E-state index in [1.54, 1.807) is 22.9 Å². The minimum atomic E-state index is 0. The normalized spacial score (nSPS) is 15.0. The SMILES string of the molecule is CCNC(=NCCCCOCCOC)N1CCN(c2cnn(C)c2)C(=O)C1.I. The van der Waals surface area contributed by atoms with Crippen LogP contribution in [0.2, 0.25) is 0 Å². The number of carbonyl (C=O) groups excluding carboxylic acids is 1. The smallest absolute Gasteiger partial charge is 0.246 e. The molecule has 2 rings (SSSR count). The Morgan fingerprint density at radius 3 is 2.75 bits per heavy atom. The van der Waals surface area contributed by atoms with E-state index < -0.39 is 0 Å². The van der Waals surface area contributed by atoms with Gasteiger partial charge in [0.05, 0.1) is 25.1 Å². The predicted molar refractivity (Wildman–Crippen MR) is 120 cm³/mol. The van der Waals surface area contributed by atoms with Crippen LogP contribution in [0.5, 0.6) is 0 Å². The quantitative estimate of drug-likeness (QED) is 0.221. The topological polar surface area (TPSA) is 84.2 Å². The van der Waals surface area contributed by atoms with E-state index in [9.17, 15) is 4.79 Å². The summed E-state index contributed by atoms with van der Waals surface area (Å²) in [5.74, 6) is 0.864. The first-order valence-corrected chi connectivity index (χ1v) is 9.54. The van der Waals surface area contributed by atoms with Crippen molar-refractivity contribution in [2.45, 2.75) is 19.8 Å². The van der Waals surface area contributed by atoms with Gasteiger partial charge in [-0.2, -0.15) is 5.10 Å². The number of aliphatic imine (C=N–C) groups is 1. The lowest BCUT2D eigenvalue weighted by Gasteiger charge is -2.35. The number of piperazine rings is 1. The van der Waals surface area contributed by atoms with E-state index in [2.05, 4.69) is 15.4 Å². The van der Waals surface area contributed by atoms with E-state index in [-0.39, 0.29) is 29.9 Å². The van der Waals surface area contributed by atoms with Gasteiger partial charge in [0.1, 0.15) is 6.54 Å². The summed E-state index contributed by atoms with van der Waals surface area (Å²) >= 11 is 0. The zero-order chi connectivity index (χ0) is 19.5. The molecular weight excluding hydrogens is 475 g/mol. The molecule has 0 aliphatic carbocycles. The highest BCUT2D eigenvalue weighted by Gasteiger charge is 2.27. The predicted octanol–water partition coefficient (Wildman–Crippen LogP) is 1.10. The molecule has 0 aromatic carbocycles. The molecular formula is C18H33IN6O3. The third-order valence-corrected chi connectivity index (χ3v) is 4.25. The van der Waals surface area contributed by atoms with Crippen molar-refractivity contribution in [3.63, 3.8) is 0 Å². The van der Waals surface area contributed by atoms with Gasteiger partial charge in [0.25, 0.3) is 0 Å². The summed E-state index contributed by atoms with van der Waals surface area (Å²) in [6.45, 7) is 7.19. The number of amides is 1. The zero-order valence-corrected chi connectivity index (χ0v) is 19.4. The van der Waals surface area contributed by atoms with Gasteiger partial charge in [-0.05, 0) is 19.8 Å². The largest absolute Gasteiger partial charge is 0.382 e. The van der Waals surface area contributed by atoms with Crippen molar-refractivity contribution in [1.82, 2.24) is 20.0 Å². The second kappa shape index (κ2) is 13.7. The van der Waals surface area contributed by atoms with Crippen LogP contribution in [0.1, 0.15) is 19.8 Å². The van der Waals surface area contributed by atoms with Crippen LogP contribution in [-0.4, -0.2) is 86.2 Å². The molecule has 160 valence electrons. The fraction of sp³-hybridized carbons (Fsp3) is 0.722. The molecule has 1 N–H and O–H groups in total. The van der Waals surface area contributed by atoms with Gasteiger partial charge >= 0.3 is 0 Å². The number of rotatable bonds is 10. The number of methoxy groups -OCH3 is 1.